The maximum atomic E-state index is 13.5. The number of carbonyl (C=O) groups is 2. The van der Waals surface area contributed by atoms with Gasteiger partial charge in [0.25, 0.3) is 30.4 Å². The van der Waals surface area contributed by atoms with Crippen LogP contribution in [0.5, 0.6) is 5.75 Å². The zero-order valence-electron chi connectivity index (χ0n) is 52.4. The Morgan fingerprint density at radius 3 is 2.15 bits per heavy atom. The number of anilines is 1. The van der Waals surface area contributed by atoms with Crippen molar-refractivity contribution in [2.75, 3.05) is 24.6 Å². The van der Waals surface area contributed by atoms with Gasteiger partial charge in [-0.2, -0.15) is 29.8 Å². The number of carboxylic acids is 1. The number of fused-ring (bicyclic) bond motifs is 8. The Bertz CT molecular complexity index is 4730. The number of unbranched alkanes of at least 4 members (excludes halogenated alkanes) is 3. The average Bonchev–Trinajstić information content (AvgIpc) is 1.54. The normalized spacial score (nSPS) is 16.1. The minimum Gasteiger partial charge on any atom is -0.494 e. The molecule has 498 valence electrons. The Hall–Kier alpha value is -8.23. The van der Waals surface area contributed by atoms with E-state index in [9.17, 15) is 53.6 Å². The summed E-state index contributed by atoms with van der Waals surface area (Å²) in [5, 5.41) is 14.9. The van der Waals surface area contributed by atoms with E-state index < -0.39 is 67.6 Å². The van der Waals surface area contributed by atoms with Crippen LogP contribution in [0.3, 0.4) is 0 Å². The van der Waals surface area contributed by atoms with Crippen LogP contribution in [0.2, 0.25) is 0 Å². The summed E-state index contributed by atoms with van der Waals surface area (Å²) in [7, 11) is -17.4. The molecule has 0 saturated carbocycles. The Morgan fingerprint density at radius 1 is 0.734 bits per heavy atom. The fraction of sp³-hybridized carbons (Fsp3) is 0.343. The van der Waals surface area contributed by atoms with Crippen LogP contribution < -0.4 is 15.0 Å². The number of pyridine rings is 1. The van der Waals surface area contributed by atoms with E-state index in [2.05, 4.69) is 59.9 Å². The third-order valence-corrected chi connectivity index (χ3v) is 20.1. The predicted molar refractivity (Wildman–Crippen MR) is 361 cm³/mol. The number of allylic oxidation sites excluding steroid dienone is 6. The van der Waals surface area contributed by atoms with Crippen LogP contribution in [0, 0.1) is 6.92 Å². The third-order valence-electron chi connectivity index (χ3n) is 17.6. The molecule has 0 saturated heterocycles. The summed E-state index contributed by atoms with van der Waals surface area (Å²) in [6, 6.07) is 30.1. The van der Waals surface area contributed by atoms with Gasteiger partial charge in [0.05, 0.1) is 28.2 Å². The molecule has 1 unspecified atom stereocenters. The average molecular weight is 1360 g/mol. The van der Waals surface area contributed by atoms with Gasteiger partial charge in [0.1, 0.15) is 17.2 Å². The van der Waals surface area contributed by atoms with Gasteiger partial charge < -0.3 is 20.1 Å². The summed E-state index contributed by atoms with van der Waals surface area (Å²) in [5.74, 6) is -0.378. The fourth-order valence-electron chi connectivity index (χ4n) is 13.4. The number of aromatic nitrogens is 1. The van der Waals surface area contributed by atoms with Crippen molar-refractivity contribution in [2.45, 2.75) is 151 Å². The molecule has 1 aromatic heterocycles. The molecule has 94 heavy (non-hydrogen) atoms. The van der Waals surface area contributed by atoms with Crippen molar-refractivity contribution in [1.29, 1.82) is 0 Å². The minimum absolute atomic E-state index is 0. The van der Waals surface area contributed by atoms with Crippen molar-refractivity contribution < 1.29 is 75.5 Å². The first-order chi connectivity index (χ1) is 43.9. The Labute approximate surface area is 551 Å². The lowest BCUT2D eigenvalue weighted by molar-refractivity contribution is -0.438. The van der Waals surface area contributed by atoms with E-state index in [0.717, 1.165) is 99.1 Å². The lowest BCUT2D eigenvalue weighted by Crippen LogP contribution is -2.28. The van der Waals surface area contributed by atoms with Crippen LogP contribution in [0.25, 0.3) is 21.5 Å². The van der Waals surface area contributed by atoms with Crippen molar-refractivity contribution in [3.8, 4) is 5.75 Å². The molecular weight excluding hydrogens is 1280 g/mol. The number of ether oxygens (including phenoxy) is 1. The van der Waals surface area contributed by atoms with Gasteiger partial charge in [-0.25, -0.2) is 0 Å². The second-order valence-corrected chi connectivity index (χ2v) is 29.3. The molecule has 3 aliphatic rings. The number of hydrogen-bond donors (Lipinski definition) is 5. The van der Waals surface area contributed by atoms with Crippen molar-refractivity contribution in [3.63, 3.8) is 0 Å². The molecule has 2 aliphatic heterocycles. The van der Waals surface area contributed by atoms with Crippen molar-refractivity contribution in [2.24, 2.45) is 0 Å². The molecular formula is C70H79N4O16S4+. The van der Waals surface area contributed by atoms with Crippen LogP contribution in [0.1, 0.15) is 143 Å². The van der Waals surface area contributed by atoms with E-state index >= 15 is 0 Å². The van der Waals surface area contributed by atoms with Crippen molar-refractivity contribution in [3.05, 3.63) is 196 Å². The Balaban J connectivity index is 0.00000220. The van der Waals surface area contributed by atoms with Crippen LogP contribution in [-0.4, -0.2) is 103 Å². The van der Waals surface area contributed by atoms with E-state index in [1.165, 1.54) is 29.8 Å². The number of carbonyl (C=O) groups excluding carboxylic acids is 1. The van der Waals surface area contributed by atoms with E-state index in [1.807, 2.05) is 98.6 Å². The smallest absolute Gasteiger partial charge is 0.425 e. The second kappa shape index (κ2) is 29.2. The van der Waals surface area contributed by atoms with Crippen LogP contribution >= 0.6 is 0 Å². The number of aryl methyl sites for hydroxylation is 2. The number of nitrogens with one attached hydrogen (secondary N) is 1. The number of amides is 1. The summed E-state index contributed by atoms with van der Waals surface area (Å²) in [6.07, 6.45) is 17.7. The zero-order chi connectivity index (χ0) is 67.4. The molecule has 1 atom stereocenters. The number of hydrogen-bond acceptors (Lipinski definition) is 14. The SMILES string of the molecule is C.CCN1C(=CC=CC=CC2=[N+](CCCCCC(=O)NCc3ccc4c(c3)Cc3cc(OCCCCc5cc(C)ccn5)ccc3CC4CC(=O)O)c3ccc4ccc(S(=O)(=O)O)cc4c3C2(C)C)C(C)(C)c2c1ccc1c(S(=O)(=O)O)cc(S(=O)(=O)O)cc21.O=S(=O)=O. The molecule has 5 N–H and O–H groups in total. The maximum absolute atomic E-state index is 13.5. The van der Waals surface area contributed by atoms with Crippen LogP contribution in [0.15, 0.2) is 160 Å². The number of nitrogens with zero attached hydrogens (tertiary/aromatic N) is 3. The summed E-state index contributed by atoms with van der Waals surface area (Å²) in [5.41, 5.74) is 10.8. The van der Waals surface area contributed by atoms with Crippen LogP contribution in [-0.2, 0) is 87.2 Å². The molecule has 0 bridgehead atoms. The zero-order valence-corrected chi connectivity index (χ0v) is 55.7. The molecule has 20 nitrogen and oxygen atoms in total. The quantitative estimate of drug-likeness (QED) is 0.0172. The number of benzene rings is 6. The van der Waals surface area contributed by atoms with E-state index in [-0.39, 0.29) is 41.3 Å². The van der Waals surface area contributed by atoms with Gasteiger partial charge >= 0.3 is 16.6 Å². The van der Waals surface area contributed by atoms with Gasteiger partial charge in [0, 0.05) is 77.7 Å². The molecule has 1 amide bonds. The number of carboxylic acid groups (broad SMARTS) is 1. The van der Waals surface area contributed by atoms with E-state index in [0.29, 0.717) is 75.0 Å². The molecule has 0 radical (unpaired) electrons. The van der Waals surface area contributed by atoms with Gasteiger partial charge in [-0.05, 0) is 200 Å². The largest absolute Gasteiger partial charge is 0.494 e. The first-order valence-electron chi connectivity index (χ1n) is 30.5. The fourth-order valence-corrected chi connectivity index (χ4v) is 15.2. The van der Waals surface area contributed by atoms with Gasteiger partial charge in [-0.3, -0.25) is 28.2 Å². The highest BCUT2D eigenvalue weighted by atomic mass is 32.2. The number of rotatable bonds is 23. The lowest BCUT2D eigenvalue weighted by Gasteiger charge is -2.26. The van der Waals surface area contributed by atoms with Crippen LogP contribution in [0.4, 0.5) is 11.4 Å². The summed E-state index contributed by atoms with van der Waals surface area (Å²) >= 11 is 0. The molecule has 0 fully saturated rings. The highest BCUT2D eigenvalue weighted by Gasteiger charge is 2.46. The summed E-state index contributed by atoms with van der Waals surface area (Å²) in [4.78, 5) is 30.6. The molecule has 10 rings (SSSR count). The van der Waals surface area contributed by atoms with Crippen molar-refractivity contribution >= 4 is 91.5 Å². The first-order valence-corrected chi connectivity index (χ1v) is 35.8. The Morgan fingerprint density at radius 2 is 1.46 bits per heavy atom. The minimum atomic E-state index is -4.91. The molecule has 3 heterocycles. The summed E-state index contributed by atoms with van der Waals surface area (Å²) < 4.78 is 139. The van der Waals surface area contributed by atoms with E-state index in [1.54, 1.807) is 12.1 Å². The molecule has 1 aliphatic carbocycles. The predicted octanol–water partition coefficient (Wildman–Crippen LogP) is 12.2. The standard InChI is InChI=1S/C69H74N4O13S3.CH4.O3S/c1-7-72-59-29-27-56-58(41-54(88(80,81)82)42-61(56)89(83,84)85)67(59)68(3,4)62(72)17-10-8-11-18-63-69(5,6)66-57-40-53(87(77,78)79)25-22-46(57)23-28-60(66)73(63)32-14-9-12-19-64(74)71-43-45-20-26-55-49(35-45)37-48-38-52(24-21-47(48)36-50(55)39-65(75)76)86-33-15-13-16-51-34-44(2)30-31-70-51;;1-4(2)3/h8,10-11,17-18,20-31,34-35,38,40-42,50H,7,9,12-16,19,32-33,36-37,39,43H2,1-6H3,(H4-,71,74,75,76,77,78,79,80,81,82,83,84,85);1H4;/p+1. The highest BCUT2D eigenvalue weighted by Crippen LogP contribution is 2.52. The topological polar surface area (TPSA) is 309 Å². The lowest BCUT2D eigenvalue weighted by atomic mass is 9.79. The van der Waals surface area contributed by atoms with Crippen molar-refractivity contribution in [1.82, 2.24) is 10.3 Å². The molecule has 6 aromatic carbocycles. The highest BCUT2D eigenvalue weighted by molar-refractivity contribution is 7.87. The summed E-state index contributed by atoms with van der Waals surface area (Å²) in [6.45, 7) is 14.0. The van der Waals surface area contributed by atoms with Gasteiger partial charge in [-0.15, -0.1) is 12.6 Å². The maximum Gasteiger partial charge on any atom is 0.425 e. The first kappa shape index (κ1) is 71.6. The monoisotopic (exact) mass is 1360 g/mol. The van der Waals surface area contributed by atoms with Gasteiger partial charge in [0.15, 0.2) is 5.71 Å². The number of aliphatic carboxylic acids is 1. The number of likely N-dealkylation sites (N-methyl/N-ethyl adjacent to an activating group) is 1. The third kappa shape index (κ3) is 16.3. The molecule has 24 heteroatoms. The molecule has 0 spiro atoms. The Kier molecular flexibility index (Phi) is 22.2. The second-order valence-electron chi connectivity index (χ2n) is 24.6. The van der Waals surface area contributed by atoms with Gasteiger partial charge in [0.2, 0.25) is 11.6 Å². The van der Waals surface area contributed by atoms with Gasteiger partial charge in [-0.1, -0.05) is 75.9 Å². The van der Waals surface area contributed by atoms with E-state index in [4.69, 9.17) is 17.4 Å². The molecule has 7 aromatic rings.